The number of carbonyl (C=O) groups is 2. The van der Waals surface area contributed by atoms with Crippen molar-refractivity contribution in [3.8, 4) is 0 Å². The van der Waals surface area contributed by atoms with Gasteiger partial charge in [-0.05, 0) is 79.3 Å². The Balaban J connectivity index is 1.59. The summed E-state index contributed by atoms with van der Waals surface area (Å²) in [4.78, 5) is 30.4. The van der Waals surface area contributed by atoms with Gasteiger partial charge in [-0.15, -0.1) is 0 Å². The highest BCUT2D eigenvalue weighted by atomic mass is 35.5. The third-order valence-corrected chi connectivity index (χ3v) is 10.7. The number of amides is 2. The first-order valence-electron chi connectivity index (χ1n) is 15.7. The second-order valence-electron chi connectivity index (χ2n) is 11.9. The first-order chi connectivity index (χ1) is 22.1. The van der Waals surface area contributed by atoms with Gasteiger partial charge in [0.15, 0.2) is 0 Å². The van der Waals surface area contributed by atoms with Crippen molar-refractivity contribution in [3.63, 3.8) is 0 Å². The molecule has 0 heterocycles. The number of anilines is 1. The first kappa shape index (κ1) is 33.2. The lowest BCUT2D eigenvalue weighted by Gasteiger charge is -2.34. The zero-order valence-corrected chi connectivity index (χ0v) is 27.8. The largest absolute Gasteiger partial charge is 0.352 e. The van der Waals surface area contributed by atoms with Gasteiger partial charge < -0.3 is 10.2 Å². The van der Waals surface area contributed by atoms with E-state index < -0.39 is 28.5 Å². The molecule has 0 saturated heterocycles. The number of carbonyl (C=O) groups excluding carboxylic acids is 2. The van der Waals surface area contributed by atoms with Crippen LogP contribution in [0.3, 0.4) is 0 Å². The smallest absolute Gasteiger partial charge is 0.264 e. The Bertz CT molecular complexity index is 1760. The summed E-state index contributed by atoms with van der Waals surface area (Å²) in [7, 11) is -4.16. The van der Waals surface area contributed by atoms with Crippen molar-refractivity contribution in [1.82, 2.24) is 10.2 Å². The lowest BCUT2D eigenvalue weighted by atomic mass is 10.0. The molecule has 0 aromatic heterocycles. The molecule has 0 bridgehead atoms. The third kappa shape index (κ3) is 7.98. The second-order valence-corrected chi connectivity index (χ2v) is 14.2. The summed E-state index contributed by atoms with van der Waals surface area (Å²) in [5, 5.41) is 3.70. The maximum Gasteiger partial charge on any atom is 0.264 e. The van der Waals surface area contributed by atoms with Gasteiger partial charge in [-0.3, -0.25) is 13.9 Å². The molecule has 1 fully saturated rings. The zero-order chi connectivity index (χ0) is 32.7. The van der Waals surface area contributed by atoms with Crippen LogP contribution in [-0.2, 0) is 32.6 Å². The quantitative estimate of drug-likeness (QED) is 0.181. The van der Waals surface area contributed by atoms with E-state index in [0.29, 0.717) is 10.7 Å². The summed E-state index contributed by atoms with van der Waals surface area (Å²) < 4.78 is 29.7. The number of nitrogens with zero attached hydrogens (tertiary/aromatic N) is 2. The maximum absolute atomic E-state index is 14.7. The molecule has 0 spiro atoms. The summed E-state index contributed by atoms with van der Waals surface area (Å²) in [5.41, 5.74) is 3.68. The molecule has 0 aliphatic heterocycles. The third-order valence-electron chi connectivity index (χ3n) is 8.67. The predicted molar refractivity (Wildman–Crippen MR) is 183 cm³/mol. The monoisotopic (exact) mass is 657 g/mol. The van der Waals surface area contributed by atoms with E-state index >= 15 is 0 Å². The van der Waals surface area contributed by atoms with Crippen molar-refractivity contribution in [2.24, 2.45) is 0 Å². The van der Waals surface area contributed by atoms with Crippen LogP contribution in [0.1, 0.15) is 47.9 Å². The molecule has 9 heteroatoms. The van der Waals surface area contributed by atoms with Gasteiger partial charge in [0.25, 0.3) is 10.0 Å². The van der Waals surface area contributed by atoms with E-state index in [9.17, 15) is 18.0 Å². The molecule has 5 rings (SSSR count). The van der Waals surface area contributed by atoms with Crippen LogP contribution in [0.2, 0.25) is 5.02 Å². The molecule has 240 valence electrons. The number of halogens is 1. The molecule has 7 nitrogen and oxygen atoms in total. The minimum atomic E-state index is -4.16. The van der Waals surface area contributed by atoms with Gasteiger partial charge in [-0.25, -0.2) is 8.42 Å². The van der Waals surface area contributed by atoms with Crippen molar-refractivity contribution >= 4 is 39.1 Å². The van der Waals surface area contributed by atoms with Crippen LogP contribution in [0.15, 0.2) is 108 Å². The summed E-state index contributed by atoms with van der Waals surface area (Å²) in [6, 6.07) is 29.4. The van der Waals surface area contributed by atoms with Crippen LogP contribution in [0, 0.1) is 13.8 Å². The lowest BCUT2D eigenvalue weighted by Crippen LogP contribution is -2.54. The van der Waals surface area contributed by atoms with Crippen LogP contribution < -0.4 is 9.62 Å². The molecule has 4 aromatic carbocycles. The minimum absolute atomic E-state index is 0.0406. The SMILES string of the molecule is Cc1cccc(N(CC(=O)N(Cc2cccc(Cl)c2)[C@H](Cc2ccccc2)C(=O)NC2CCCC2)S(=O)(=O)c2ccccc2)c1C. The molecular formula is C37H40ClN3O4S. The van der Waals surface area contributed by atoms with E-state index in [4.69, 9.17) is 11.6 Å². The maximum atomic E-state index is 14.7. The van der Waals surface area contributed by atoms with Gasteiger partial charge >= 0.3 is 0 Å². The van der Waals surface area contributed by atoms with Gasteiger partial charge in [-0.1, -0.05) is 97.2 Å². The van der Waals surface area contributed by atoms with Crippen LogP contribution in [-0.4, -0.2) is 43.8 Å². The second kappa shape index (κ2) is 15.0. The van der Waals surface area contributed by atoms with E-state index in [-0.39, 0.29) is 29.8 Å². The highest BCUT2D eigenvalue weighted by molar-refractivity contribution is 7.92. The Morgan fingerprint density at radius 1 is 0.848 bits per heavy atom. The fourth-order valence-corrected chi connectivity index (χ4v) is 7.70. The van der Waals surface area contributed by atoms with E-state index in [1.165, 1.54) is 21.3 Å². The topological polar surface area (TPSA) is 86.8 Å². The van der Waals surface area contributed by atoms with Crippen molar-refractivity contribution < 1.29 is 18.0 Å². The number of hydrogen-bond acceptors (Lipinski definition) is 4. The Kier molecular flexibility index (Phi) is 10.8. The van der Waals surface area contributed by atoms with Gasteiger partial charge in [0, 0.05) is 24.0 Å². The van der Waals surface area contributed by atoms with Gasteiger partial charge in [0.05, 0.1) is 10.6 Å². The molecule has 1 saturated carbocycles. The van der Waals surface area contributed by atoms with Crippen molar-refractivity contribution in [3.05, 3.63) is 130 Å². The fourth-order valence-electron chi connectivity index (χ4n) is 5.99. The van der Waals surface area contributed by atoms with Gasteiger partial charge in [0.2, 0.25) is 11.8 Å². The van der Waals surface area contributed by atoms with Crippen LogP contribution >= 0.6 is 11.6 Å². The van der Waals surface area contributed by atoms with E-state index in [2.05, 4.69) is 5.32 Å². The summed E-state index contributed by atoms with van der Waals surface area (Å²) in [6.45, 7) is 3.33. The molecule has 46 heavy (non-hydrogen) atoms. The van der Waals surface area contributed by atoms with Crippen molar-refractivity contribution in [2.45, 2.75) is 69.5 Å². The van der Waals surface area contributed by atoms with Gasteiger partial charge in [0.1, 0.15) is 12.6 Å². The van der Waals surface area contributed by atoms with Crippen LogP contribution in [0.25, 0.3) is 0 Å². The molecular weight excluding hydrogens is 618 g/mol. The number of rotatable bonds is 12. The van der Waals surface area contributed by atoms with Gasteiger partial charge in [-0.2, -0.15) is 0 Å². The summed E-state index contributed by atoms with van der Waals surface area (Å²) in [6.07, 6.45) is 4.13. The highest BCUT2D eigenvalue weighted by Gasteiger charge is 2.36. The average Bonchev–Trinajstić information content (AvgIpc) is 3.57. The summed E-state index contributed by atoms with van der Waals surface area (Å²) >= 11 is 6.35. The molecule has 0 unspecified atom stereocenters. The molecule has 0 radical (unpaired) electrons. The van der Waals surface area contributed by atoms with E-state index in [1.807, 2.05) is 56.3 Å². The number of sulfonamides is 1. The van der Waals surface area contributed by atoms with Crippen LogP contribution in [0.5, 0.6) is 0 Å². The van der Waals surface area contributed by atoms with Crippen molar-refractivity contribution in [1.29, 1.82) is 0 Å². The zero-order valence-electron chi connectivity index (χ0n) is 26.2. The lowest BCUT2D eigenvalue weighted by molar-refractivity contribution is -0.140. The standard InChI is InChI=1S/C37H40ClN3O4S/c1-27-13-11-22-34(28(27)2)41(46(44,45)33-20-7-4-8-21-33)26-36(42)40(25-30-16-12-17-31(38)23-30)35(24-29-14-5-3-6-15-29)37(43)39-32-18-9-10-19-32/h3-8,11-17,20-23,32,35H,9-10,18-19,24-26H2,1-2H3,(H,39,43)/t35-/m1/s1. The molecule has 1 atom stereocenters. The van der Waals surface area contributed by atoms with Crippen LogP contribution in [0.4, 0.5) is 5.69 Å². The molecule has 1 N–H and O–H groups in total. The van der Waals surface area contributed by atoms with E-state index in [0.717, 1.165) is 47.9 Å². The number of aryl methyl sites for hydroxylation is 1. The predicted octanol–water partition coefficient (Wildman–Crippen LogP) is 6.85. The first-order valence-corrected chi connectivity index (χ1v) is 17.5. The number of benzene rings is 4. The average molecular weight is 658 g/mol. The molecule has 1 aliphatic rings. The fraction of sp³-hybridized carbons (Fsp3) is 0.297. The number of hydrogen-bond donors (Lipinski definition) is 1. The Morgan fingerprint density at radius 2 is 1.48 bits per heavy atom. The Labute approximate surface area is 277 Å². The minimum Gasteiger partial charge on any atom is -0.352 e. The van der Waals surface area contributed by atoms with E-state index in [1.54, 1.807) is 48.5 Å². The Morgan fingerprint density at radius 3 is 2.15 bits per heavy atom. The van der Waals surface area contributed by atoms with Crippen molar-refractivity contribution in [2.75, 3.05) is 10.8 Å². The molecule has 1 aliphatic carbocycles. The highest BCUT2D eigenvalue weighted by Crippen LogP contribution is 2.29. The molecule has 4 aromatic rings. The molecule has 2 amide bonds. The number of nitrogens with one attached hydrogen (secondary N) is 1. The summed E-state index contributed by atoms with van der Waals surface area (Å²) in [5.74, 6) is -0.752. The normalized spacial score (nSPS) is 14.1. The Hall–Kier alpha value is -4.14.